The summed E-state index contributed by atoms with van der Waals surface area (Å²) in [6, 6.07) is 12.7. The van der Waals surface area contributed by atoms with Gasteiger partial charge in [0, 0.05) is 17.1 Å². The number of furan rings is 1. The number of aromatic hydroxyl groups is 1. The highest BCUT2D eigenvalue weighted by Gasteiger charge is 2.25. The van der Waals surface area contributed by atoms with Crippen molar-refractivity contribution in [3.63, 3.8) is 0 Å². The minimum absolute atomic E-state index is 0.0521. The zero-order valence-electron chi connectivity index (χ0n) is 14.7. The summed E-state index contributed by atoms with van der Waals surface area (Å²) in [7, 11) is 0. The highest BCUT2D eigenvalue weighted by atomic mass is 35.5. The molecule has 27 heavy (non-hydrogen) atoms. The number of rotatable bonds is 2. The molecule has 0 atom stereocenters. The predicted octanol–water partition coefficient (Wildman–Crippen LogP) is 4.65. The van der Waals surface area contributed by atoms with Gasteiger partial charge in [-0.1, -0.05) is 23.7 Å². The van der Waals surface area contributed by atoms with Gasteiger partial charge in [-0.3, -0.25) is 4.79 Å². The molecule has 1 aromatic heterocycles. The first-order valence-electron chi connectivity index (χ1n) is 8.61. The lowest BCUT2D eigenvalue weighted by Gasteiger charge is -2.19. The van der Waals surface area contributed by atoms with Gasteiger partial charge in [0.25, 0.3) is 5.91 Å². The lowest BCUT2D eigenvalue weighted by Crippen LogP contribution is -2.32. The molecule has 2 aromatic carbocycles. The van der Waals surface area contributed by atoms with Gasteiger partial charge in [-0.05, 0) is 48.4 Å². The molecule has 0 spiro atoms. The van der Waals surface area contributed by atoms with Crippen molar-refractivity contribution in [2.24, 2.45) is 0 Å². The van der Waals surface area contributed by atoms with Crippen molar-refractivity contribution in [3.05, 3.63) is 70.6 Å². The summed E-state index contributed by atoms with van der Waals surface area (Å²) in [5.41, 5.74) is 2.98. The summed E-state index contributed by atoms with van der Waals surface area (Å²) in [5.74, 6) is 0.933. The van der Waals surface area contributed by atoms with Crippen molar-refractivity contribution >= 4 is 17.5 Å². The van der Waals surface area contributed by atoms with Crippen LogP contribution in [-0.2, 0) is 6.54 Å². The molecule has 0 saturated heterocycles. The molecule has 138 valence electrons. The summed E-state index contributed by atoms with van der Waals surface area (Å²) >= 11 is 6.09. The number of carbonyl (C=O) groups is 1. The Kier molecular flexibility index (Phi) is 4.54. The van der Waals surface area contributed by atoms with E-state index in [4.69, 9.17) is 20.8 Å². The number of carbonyl (C=O) groups excluding carboxylic acids is 1. The molecule has 1 aliphatic heterocycles. The minimum atomic E-state index is -0.120. The van der Waals surface area contributed by atoms with Crippen LogP contribution >= 0.6 is 11.6 Å². The molecule has 0 fully saturated rings. The Balaban J connectivity index is 1.71. The molecule has 0 radical (unpaired) electrons. The number of halogens is 1. The van der Waals surface area contributed by atoms with Crippen LogP contribution in [-0.4, -0.2) is 29.1 Å². The maximum Gasteiger partial charge on any atom is 0.257 e. The molecule has 1 N–H and O–H groups in total. The van der Waals surface area contributed by atoms with Crippen molar-refractivity contribution in [1.82, 2.24) is 4.90 Å². The third-order valence-corrected chi connectivity index (χ3v) is 4.88. The van der Waals surface area contributed by atoms with Gasteiger partial charge in [0.1, 0.15) is 12.4 Å². The largest absolute Gasteiger partial charge is 0.504 e. The third kappa shape index (κ3) is 3.38. The predicted molar refractivity (Wildman–Crippen MR) is 102 cm³/mol. The molecule has 0 unspecified atom stereocenters. The first kappa shape index (κ1) is 17.5. The van der Waals surface area contributed by atoms with Gasteiger partial charge < -0.3 is 19.2 Å². The second-order valence-corrected chi connectivity index (χ2v) is 6.90. The van der Waals surface area contributed by atoms with E-state index < -0.39 is 0 Å². The third-order valence-electron chi connectivity index (χ3n) is 4.65. The van der Waals surface area contributed by atoms with Crippen LogP contribution in [0.3, 0.4) is 0 Å². The van der Waals surface area contributed by atoms with Gasteiger partial charge in [-0.25, -0.2) is 0 Å². The molecule has 2 heterocycles. The SMILES string of the molecule is Cc1occc1C(=O)N1CCOc2c(O)cc(-c3cccc(Cl)c3)cc2C1. The van der Waals surface area contributed by atoms with Gasteiger partial charge in [0.2, 0.25) is 0 Å². The van der Waals surface area contributed by atoms with Crippen LogP contribution in [0.4, 0.5) is 0 Å². The quantitative estimate of drug-likeness (QED) is 0.699. The fraction of sp³-hybridized carbons (Fsp3) is 0.190. The Morgan fingerprint density at radius 2 is 2.04 bits per heavy atom. The number of hydrogen-bond donors (Lipinski definition) is 1. The number of aryl methyl sites for hydroxylation is 1. The molecule has 3 aromatic rings. The van der Waals surface area contributed by atoms with E-state index in [1.807, 2.05) is 24.3 Å². The summed E-state index contributed by atoms with van der Waals surface area (Å²) in [6.45, 7) is 2.82. The molecule has 1 aliphatic rings. The Bertz CT molecular complexity index is 1010. The minimum Gasteiger partial charge on any atom is -0.504 e. The molecule has 0 aliphatic carbocycles. The second-order valence-electron chi connectivity index (χ2n) is 6.46. The average molecular weight is 384 g/mol. The van der Waals surface area contributed by atoms with E-state index in [2.05, 4.69) is 0 Å². The number of ether oxygens (including phenoxy) is 1. The van der Waals surface area contributed by atoms with Crippen LogP contribution in [0.2, 0.25) is 5.02 Å². The van der Waals surface area contributed by atoms with Crippen molar-refractivity contribution in [2.45, 2.75) is 13.5 Å². The molecule has 5 nitrogen and oxygen atoms in total. The summed E-state index contributed by atoms with van der Waals surface area (Å²) < 4.78 is 11.0. The van der Waals surface area contributed by atoms with Crippen molar-refractivity contribution < 1.29 is 19.1 Å². The Morgan fingerprint density at radius 3 is 2.78 bits per heavy atom. The maximum absolute atomic E-state index is 12.9. The fourth-order valence-electron chi connectivity index (χ4n) is 3.28. The highest BCUT2D eigenvalue weighted by Crippen LogP contribution is 2.38. The van der Waals surface area contributed by atoms with Crippen LogP contribution in [0.15, 0.2) is 53.1 Å². The Labute approximate surface area is 161 Å². The van der Waals surface area contributed by atoms with Crippen LogP contribution < -0.4 is 4.74 Å². The maximum atomic E-state index is 12.9. The smallest absolute Gasteiger partial charge is 0.257 e. The van der Waals surface area contributed by atoms with E-state index in [1.165, 1.54) is 6.26 Å². The number of phenolic OH excluding ortho intramolecular Hbond substituents is 1. The van der Waals surface area contributed by atoms with Gasteiger partial charge in [0.05, 0.1) is 18.4 Å². The van der Waals surface area contributed by atoms with Crippen molar-refractivity contribution in [1.29, 1.82) is 0 Å². The van der Waals surface area contributed by atoms with Crippen LogP contribution in [0, 0.1) is 6.92 Å². The fourth-order valence-corrected chi connectivity index (χ4v) is 3.47. The first-order valence-corrected chi connectivity index (χ1v) is 8.98. The van der Waals surface area contributed by atoms with Gasteiger partial charge in [-0.15, -0.1) is 0 Å². The molecule has 6 heteroatoms. The Morgan fingerprint density at radius 1 is 1.19 bits per heavy atom. The molecular formula is C21H18ClNO4. The number of nitrogens with zero attached hydrogens (tertiary/aromatic N) is 1. The number of amides is 1. The molecule has 1 amide bonds. The first-order chi connectivity index (χ1) is 13.0. The lowest BCUT2D eigenvalue weighted by molar-refractivity contribution is 0.0731. The zero-order chi connectivity index (χ0) is 19.0. The van der Waals surface area contributed by atoms with E-state index in [-0.39, 0.29) is 11.7 Å². The van der Waals surface area contributed by atoms with E-state index >= 15 is 0 Å². The topological polar surface area (TPSA) is 62.9 Å². The average Bonchev–Trinajstić information content (AvgIpc) is 2.95. The zero-order valence-corrected chi connectivity index (χ0v) is 15.5. The molecular weight excluding hydrogens is 366 g/mol. The Hall–Kier alpha value is -2.92. The van der Waals surface area contributed by atoms with E-state index in [9.17, 15) is 9.90 Å². The van der Waals surface area contributed by atoms with Crippen molar-refractivity contribution in [3.8, 4) is 22.6 Å². The monoisotopic (exact) mass is 383 g/mol. The second kappa shape index (κ2) is 7.00. The van der Waals surface area contributed by atoms with Crippen LogP contribution in [0.25, 0.3) is 11.1 Å². The van der Waals surface area contributed by atoms with Crippen molar-refractivity contribution in [2.75, 3.05) is 13.2 Å². The van der Waals surface area contributed by atoms with E-state index in [0.29, 0.717) is 41.8 Å². The standard InChI is InChI=1S/C21H18ClNO4/c1-13-18(5-7-26-13)21(25)23-6-8-27-20-16(12-23)9-15(11-19(20)24)14-3-2-4-17(22)10-14/h2-5,7,9-11,24H,6,8,12H2,1H3. The summed E-state index contributed by atoms with van der Waals surface area (Å²) in [6.07, 6.45) is 1.51. The van der Waals surface area contributed by atoms with E-state index in [0.717, 1.165) is 16.7 Å². The summed E-state index contributed by atoms with van der Waals surface area (Å²) in [5, 5.41) is 11.1. The number of hydrogen-bond acceptors (Lipinski definition) is 4. The number of phenols is 1. The van der Waals surface area contributed by atoms with Gasteiger partial charge in [0.15, 0.2) is 11.5 Å². The molecule has 0 bridgehead atoms. The molecule has 4 rings (SSSR count). The highest BCUT2D eigenvalue weighted by molar-refractivity contribution is 6.30. The van der Waals surface area contributed by atoms with Gasteiger partial charge >= 0.3 is 0 Å². The van der Waals surface area contributed by atoms with E-state index in [1.54, 1.807) is 30.0 Å². The normalized spacial score (nSPS) is 13.6. The number of fused-ring (bicyclic) bond motifs is 1. The van der Waals surface area contributed by atoms with Crippen LogP contribution in [0.1, 0.15) is 21.7 Å². The molecule has 0 saturated carbocycles. The van der Waals surface area contributed by atoms with Crippen LogP contribution in [0.5, 0.6) is 11.5 Å². The number of benzene rings is 2. The lowest BCUT2D eigenvalue weighted by atomic mass is 10.0. The summed E-state index contributed by atoms with van der Waals surface area (Å²) in [4.78, 5) is 14.6. The van der Waals surface area contributed by atoms with Gasteiger partial charge in [-0.2, -0.15) is 0 Å².